The summed E-state index contributed by atoms with van der Waals surface area (Å²) in [6, 6.07) is 11.0. The number of aryl methyl sites for hydroxylation is 1. The number of benzene rings is 1. The van der Waals surface area contributed by atoms with E-state index in [4.69, 9.17) is 0 Å². The molecule has 0 bridgehead atoms. The molecular formula is C39H69N2+. The van der Waals surface area contributed by atoms with E-state index in [-0.39, 0.29) is 0 Å². The van der Waals surface area contributed by atoms with Gasteiger partial charge < -0.3 is 0 Å². The molecule has 0 atom stereocenters. The van der Waals surface area contributed by atoms with Crippen LogP contribution in [0.15, 0.2) is 42.7 Å². The number of nitrogens with zero attached hydrogens (tertiary/aromatic N) is 2. The Kier molecular flexibility index (Phi) is 22.7. The first-order valence-electron chi connectivity index (χ1n) is 18.5. The van der Waals surface area contributed by atoms with Crippen LogP contribution >= 0.6 is 0 Å². The van der Waals surface area contributed by atoms with E-state index < -0.39 is 0 Å². The summed E-state index contributed by atoms with van der Waals surface area (Å²) in [5.41, 5.74) is 1.31. The summed E-state index contributed by atoms with van der Waals surface area (Å²) >= 11 is 0. The Hall–Kier alpha value is -1.57. The maximum absolute atomic E-state index is 2.56. The second kappa shape index (κ2) is 26.1. The predicted molar refractivity (Wildman–Crippen MR) is 181 cm³/mol. The van der Waals surface area contributed by atoms with Crippen LogP contribution in [-0.4, -0.2) is 4.57 Å². The molecular weight excluding hydrogens is 496 g/mol. The van der Waals surface area contributed by atoms with Gasteiger partial charge in [-0.3, -0.25) is 0 Å². The minimum absolute atomic E-state index is 1.17. The summed E-state index contributed by atoms with van der Waals surface area (Å²) < 4.78 is 5.01. The Morgan fingerprint density at radius 1 is 0.463 bits per heavy atom. The average Bonchev–Trinajstić information content (AvgIpc) is 3.40. The number of hydrogen-bond acceptors (Lipinski definition) is 0. The van der Waals surface area contributed by atoms with E-state index in [1.54, 1.807) is 0 Å². The van der Waals surface area contributed by atoms with E-state index in [0.29, 0.717) is 0 Å². The maximum atomic E-state index is 2.56. The number of rotatable bonds is 29. The minimum Gasteiger partial charge on any atom is -0.234 e. The van der Waals surface area contributed by atoms with Crippen LogP contribution < -0.4 is 4.57 Å². The van der Waals surface area contributed by atoms with Crippen LogP contribution in [0.4, 0.5) is 0 Å². The van der Waals surface area contributed by atoms with Crippen molar-refractivity contribution >= 4 is 0 Å². The van der Waals surface area contributed by atoms with E-state index >= 15 is 0 Å². The highest BCUT2D eigenvalue weighted by molar-refractivity contribution is 5.31. The zero-order chi connectivity index (χ0) is 29.1. The van der Waals surface area contributed by atoms with Crippen molar-refractivity contribution in [1.82, 2.24) is 4.57 Å². The highest BCUT2D eigenvalue weighted by atomic mass is 15.1. The van der Waals surface area contributed by atoms with Gasteiger partial charge in [-0.2, -0.15) is 4.57 Å². The summed E-state index contributed by atoms with van der Waals surface area (Å²) in [7, 11) is 0. The second-order valence-corrected chi connectivity index (χ2v) is 12.8. The van der Waals surface area contributed by atoms with Crippen LogP contribution in [0.3, 0.4) is 0 Å². The van der Waals surface area contributed by atoms with E-state index in [1.165, 1.54) is 191 Å². The molecule has 2 heteroatoms. The summed E-state index contributed by atoms with van der Waals surface area (Å²) in [5.74, 6) is 1.50. The van der Waals surface area contributed by atoms with Crippen molar-refractivity contribution in [2.75, 3.05) is 0 Å². The summed E-state index contributed by atoms with van der Waals surface area (Å²) in [6.07, 6.45) is 42.8. The second-order valence-electron chi connectivity index (χ2n) is 12.8. The molecule has 0 N–H and O–H groups in total. The van der Waals surface area contributed by atoms with Crippen molar-refractivity contribution < 1.29 is 4.57 Å². The molecule has 0 saturated carbocycles. The standard InChI is InChI=1S/C39H69N2/c1-3-5-7-9-11-13-15-16-17-18-20-22-24-26-31-35-40-36-37-41(38-32-28-27-29-33-38)39(40)34-30-25-23-21-19-14-12-10-8-6-4-2/h27-29,32-33,36-37H,3-26,30-31,34-35H2,1-2H3/q+1. The third-order valence-electron chi connectivity index (χ3n) is 9.05. The largest absolute Gasteiger partial charge is 0.261 e. The van der Waals surface area contributed by atoms with Crippen LogP contribution in [0.25, 0.3) is 5.69 Å². The highest BCUT2D eigenvalue weighted by Gasteiger charge is 2.18. The molecule has 2 rings (SSSR count). The normalized spacial score (nSPS) is 11.5. The van der Waals surface area contributed by atoms with Gasteiger partial charge in [-0.1, -0.05) is 180 Å². The Morgan fingerprint density at radius 3 is 1.29 bits per heavy atom. The first kappa shape index (κ1) is 35.6. The zero-order valence-electron chi connectivity index (χ0n) is 27.7. The van der Waals surface area contributed by atoms with Gasteiger partial charge in [-0.25, -0.2) is 4.57 Å². The molecule has 0 unspecified atom stereocenters. The molecule has 0 aliphatic carbocycles. The minimum atomic E-state index is 1.17. The van der Waals surface area contributed by atoms with Crippen molar-refractivity contribution in [2.45, 2.75) is 194 Å². The topological polar surface area (TPSA) is 8.81 Å². The molecule has 1 heterocycles. The van der Waals surface area contributed by atoms with E-state index in [0.717, 1.165) is 0 Å². The molecule has 0 spiro atoms. The molecule has 0 aliphatic rings. The maximum Gasteiger partial charge on any atom is 0.261 e. The van der Waals surface area contributed by atoms with Gasteiger partial charge in [0.25, 0.3) is 5.82 Å². The third kappa shape index (κ3) is 17.9. The van der Waals surface area contributed by atoms with Crippen LogP contribution in [0.2, 0.25) is 0 Å². The summed E-state index contributed by atoms with van der Waals surface area (Å²) in [5, 5.41) is 0. The number of aromatic nitrogens is 2. The Balaban J connectivity index is 1.58. The Morgan fingerprint density at radius 2 is 0.854 bits per heavy atom. The van der Waals surface area contributed by atoms with Gasteiger partial charge in [0.05, 0.1) is 6.54 Å². The number of para-hydroxylation sites is 1. The first-order valence-corrected chi connectivity index (χ1v) is 18.5. The fourth-order valence-corrected chi connectivity index (χ4v) is 6.35. The Bertz CT molecular complexity index is 808. The smallest absolute Gasteiger partial charge is 0.234 e. The summed E-state index contributed by atoms with van der Waals surface area (Å²) in [4.78, 5) is 0. The average molecular weight is 566 g/mol. The molecule has 1 aromatic heterocycles. The van der Waals surface area contributed by atoms with Crippen LogP contribution in [0.5, 0.6) is 0 Å². The first-order chi connectivity index (χ1) is 20.4. The van der Waals surface area contributed by atoms with Crippen molar-refractivity contribution in [1.29, 1.82) is 0 Å². The fraction of sp³-hybridized carbons (Fsp3) is 0.769. The molecule has 234 valence electrons. The van der Waals surface area contributed by atoms with Crippen LogP contribution in [0.1, 0.15) is 187 Å². The lowest BCUT2D eigenvalue weighted by Gasteiger charge is -2.07. The molecule has 0 saturated heterocycles. The van der Waals surface area contributed by atoms with Crippen LogP contribution in [0, 0.1) is 0 Å². The van der Waals surface area contributed by atoms with Gasteiger partial charge in [0.1, 0.15) is 18.1 Å². The molecule has 41 heavy (non-hydrogen) atoms. The van der Waals surface area contributed by atoms with Gasteiger partial charge in [-0.05, 0) is 31.4 Å². The van der Waals surface area contributed by atoms with Crippen molar-refractivity contribution in [3.63, 3.8) is 0 Å². The van der Waals surface area contributed by atoms with Crippen molar-refractivity contribution in [3.05, 3.63) is 48.5 Å². The van der Waals surface area contributed by atoms with Crippen molar-refractivity contribution in [3.8, 4) is 5.69 Å². The quantitative estimate of drug-likeness (QED) is 0.0685. The lowest BCUT2D eigenvalue weighted by molar-refractivity contribution is -0.704. The third-order valence-corrected chi connectivity index (χ3v) is 9.05. The predicted octanol–water partition coefficient (Wildman–Crippen LogP) is 12.5. The number of hydrogen-bond donors (Lipinski definition) is 0. The van der Waals surface area contributed by atoms with Gasteiger partial charge >= 0.3 is 0 Å². The van der Waals surface area contributed by atoms with Gasteiger partial charge in [-0.15, -0.1) is 0 Å². The van der Waals surface area contributed by atoms with Gasteiger partial charge in [0, 0.05) is 6.42 Å². The molecule has 1 aromatic carbocycles. The molecule has 0 radical (unpaired) electrons. The molecule has 2 nitrogen and oxygen atoms in total. The van der Waals surface area contributed by atoms with Gasteiger partial charge in [0.2, 0.25) is 0 Å². The monoisotopic (exact) mass is 566 g/mol. The number of imidazole rings is 1. The summed E-state index contributed by atoms with van der Waals surface area (Å²) in [6.45, 7) is 5.78. The molecule has 0 amide bonds. The highest BCUT2D eigenvalue weighted by Crippen LogP contribution is 2.16. The van der Waals surface area contributed by atoms with Crippen LogP contribution in [-0.2, 0) is 13.0 Å². The van der Waals surface area contributed by atoms with Crippen molar-refractivity contribution in [2.24, 2.45) is 0 Å². The molecule has 0 fully saturated rings. The lowest BCUT2D eigenvalue weighted by Crippen LogP contribution is -2.37. The van der Waals surface area contributed by atoms with Gasteiger partial charge in [0.15, 0.2) is 0 Å². The molecule has 0 aliphatic heterocycles. The number of unbranched alkanes of at least 4 members (excludes halogenated alkanes) is 24. The lowest BCUT2D eigenvalue weighted by atomic mass is 10.0. The molecule has 2 aromatic rings. The van der Waals surface area contributed by atoms with E-state index in [2.05, 4.69) is 65.7 Å². The van der Waals surface area contributed by atoms with E-state index in [1.807, 2.05) is 0 Å². The fourth-order valence-electron chi connectivity index (χ4n) is 6.35. The zero-order valence-corrected chi connectivity index (χ0v) is 27.7. The van der Waals surface area contributed by atoms with E-state index in [9.17, 15) is 0 Å². The SMILES string of the molecule is CCCCCCCCCCCCCCCCC[n+]1ccn(-c2ccccc2)c1CCCCCCCCCCCCC. The Labute approximate surface area is 256 Å².